The molecule has 4 nitrogen and oxygen atoms in total. The normalized spacial score (nSPS) is 23.7. The van der Waals surface area contributed by atoms with Crippen molar-refractivity contribution in [1.82, 2.24) is 14.8 Å². The molecule has 18 heavy (non-hydrogen) atoms. The van der Waals surface area contributed by atoms with Crippen molar-refractivity contribution in [1.29, 1.82) is 0 Å². The average Bonchev–Trinajstić information content (AvgIpc) is 2.70. The Hall–Kier alpha value is -0.940. The van der Waals surface area contributed by atoms with Gasteiger partial charge in [0, 0.05) is 30.9 Å². The van der Waals surface area contributed by atoms with Gasteiger partial charge in [0.05, 0.1) is 0 Å². The smallest absolute Gasteiger partial charge is 0.254 e. The first kappa shape index (κ1) is 13.5. The lowest BCUT2D eigenvalue weighted by Crippen LogP contribution is -2.35. The molecule has 0 aliphatic carbocycles. The molecule has 2 heterocycles. The van der Waals surface area contributed by atoms with Crippen LogP contribution in [-0.4, -0.2) is 53.9 Å². The first-order valence-electron chi connectivity index (χ1n) is 6.06. The summed E-state index contributed by atoms with van der Waals surface area (Å²) in [6, 6.07) is 3.98. The predicted molar refractivity (Wildman–Crippen MR) is 74.5 cm³/mol. The van der Waals surface area contributed by atoms with Crippen LogP contribution in [0.1, 0.15) is 17.3 Å². The number of pyridine rings is 1. The molecule has 1 aromatic heterocycles. The van der Waals surface area contributed by atoms with Crippen LogP contribution in [0.5, 0.6) is 0 Å². The van der Waals surface area contributed by atoms with Crippen LogP contribution in [0, 0.1) is 5.92 Å². The van der Waals surface area contributed by atoms with Gasteiger partial charge in [-0.15, -0.1) is 0 Å². The van der Waals surface area contributed by atoms with Gasteiger partial charge in [-0.05, 0) is 48.1 Å². The Morgan fingerprint density at radius 2 is 2.22 bits per heavy atom. The van der Waals surface area contributed by atoms with E-state index in [0.29, 0.717) is 22.1 Å². The van der Waals surface area contributed by atoms with Gasteiger partial charge in [-0.3, -0.25) is 4.79 Å². The summed E-state index contributed by atoms with van der Waals surface area (Å²) in [6.07, 6.45) is 1.65. The number of hydrogen-bond acceptors (Lipinski definition) is 3. The lowest BCUT2D eigenvalue weighted by Gasteiger charge is -2.22. The van der Waals surface area contributed by atoms with E-state index in [1.54, 1.807) is 18.3 Å². The van der Waals surface area contributed by atoms with E-state index in [0.717, 1.165) is 13.1 Å². The second-order valence-corrected chi connectivity index (χ2v) is 5.90. The highest BCUT2D eigenvalue weighted by molar-refractivity contribution is 9.10. The first-order chi connectivity index (χ1) is 8.49. The van der Waals surface area contributed by atoms with Crippen molar-refractivity contribution in [3.05, 3.63) is 28.5 Å². The largest absolute Gasteiger partial charge is 0.337 e. The molecule has 2 atom stereocenters. The predicted octanol–water partition coefficient (Wildman–Crippen LogP) is 1.87. The maximum Gasteiger partial charge on any atom is 0.254 e. The zero-order valence-corrected chi connectivity index (χ0v) is 12.5. The lowest BCUT2D eigenvalue weighted by atomic mass is 10.1. The van der Waals surface area contributed by atoms with E-state index in [9.17, 15) is 4.79 Å². The minimum Gasteiger partial charge on any atom is -0.337 e. The lowest BCUT2D eigenvalue weighted by molar-refractivity contribution is 0.0781. The van der Waals surface area contributed by atoms with Crippen molar-refractivity contribution in [2.24, 2.45) is 5.92 Å². The highest BCUT2D eigenvalue weighted by Crippen LogP contribution is 2.22. The summed E-state index contributed by atoms with van der Waals surface area (Å²) in [7, 11) is 4.14. The van der Waals surface area contributed by atoms with Gasteiger partial charge in [-0.1, -0.05) is 6.92 Å². The number of halogens is 1. The molecule has 5 heteroatoms. The topological polar surface area (TPSA) is 36.4 Å². The quantitative estimate of drug-likeness (QED) is 0.782. The first-order valence-corrected chi connectivity index (χ1v) is 6.85. The highest BCUT2D eigenvalue weighted by atomic mass is 79.9. The van der Waals surface area contributed by atoms with Gasteiger partial charge in [-0.2, -0.15) is 0 Å². The summed E-state index contributed by atoms with van der Waals surface area (Å²) >= 11 is 3.30. The Morgan fingerprint density at radius 1 is 1.50 bits per heavy atom. The second kappa shape index (κ2) is 5.36. The number of amides is 1. The van der Waals surface area contributed by atoms with Gasteiger partial charge in [-0.25, -0.2) is 4.98 Å². The van der Waals surface area contributed by atoms with Crippen molar-refractivity contribution in [3.63, 3.8) is 0 Å². The average molecular weight is 312 g/mol. The fourth-order valence-electron chi connectivity index (χ4n) is 2.51. The minimum absolute atomic E-state index is 0.0919. The summed E-state index contributed by atoms with van der Waals surface area (Å²) in [4.78, 5) is 20.5. The van der Waals surface area contributed by atoms with Crippen molar-refractivity contribution in [2.75, 3.05) is 27.2 Å². The molecule has 0 N–H and O–H groups in total. The van der Waals surface area contributed by atoms with Crippen LogP contribution in [0.15, 0.2) is 22.9 Å². The summed E-state index contributed by atoms with van der Waals surface area (Å²) in [6.45, 7) is 3.81. The summed E-state index contributed by atoms with van der Waals surface area (Å²) in [5.41, 5.74) is 0.698. The van der Waals surface area contributed by atoms with Gasteiger partial charge in [0.1, 0.15) is 4.60 Å². The van der Waals surface area contributed by atoms with Crippen molar-refractivity contribution in [3.8, 4) is 0 Å². The van der Waals surface area contributed by atoms with E-state index < -0.39 is 0 Å². The molecule has 0 radical (unpaired) electrons. The maximum atomic E-state index is 12.4. The Kier molecular flexibility index (Phi) is 4.02. The highest BCUT2D eigenvalue weighted by Gasteiger charge is 2.33. The summed E-state index contributed by atoms with van der Waals surface area (Å²) in [5, 5.41) is 0. The van der Waals surface area contributed by atoms with Crippen LogP contribution < -0.4 is 0 Å². The van der Waals surface area contributed by atoms with E-state index in [1.807, 2.05) is 4.90 Å². The third-order valence-electron chi connectivity index (χ3n) is 3.50. The van der Waals surface area contributed by atoms with Crippen LogP contribution in [0.4, 0.5) is 0 Å². The Morgan fingerprint density at radius 3 is 2.78 bits per heavy atom. The molecule has 0 aromatic carbocycles. The van der Waals surface area contributed by atoms with E-state index in [4.69, 9.17) is 0 Å². The molecule has 2 rings (SSSR count). The molecule has 1 saturated heterocycles. The van der Waals surface area contributed by atoms with E-state index >= 15 is 0 Å². The minimum atomic E-state index is 0.0919. The SMILES string of the molecule is CC1CN(C(=O)c2ccnc(Br)c2)CC1N(C)C. The second-order valence-electron chi connectivity index (χ2n) is 5.09. The number of carbonyl (C=O) groups excluding carboxylic acids is 1. The number of likely N-dealkylation sites (N-methyl/N-ethyl adjacent to an activating group) is 1. The number of aromatic nitrogens is 1. The van der Waals surface area contributed by atoms with Gasteiger partial charge >= 0.3 is 0 Å². The molecule has 1 fully saturated rings. The molecule has 2 unspecified atom stereocenters. The van der Waals surface area contributed by atoms with Gasteiger partial charge in [0.2, 0.25) is 0 Å². The molecular formula is C13H18BrN3O. The third kappa shape index (κ3) is 2.72. The number of nitrogens with zero attached hydrogens (tertiary/aromatic N) is 3. The number of carbonyl (C=O) groups is 1. The van der Waals surface area contributed by atoms with Gasteiger partial charge in [0.25, 0.3) is 5.91 Å². The zero-order chi connectivity index (χ0) is 13.3. The molecule has 1 aromatic rings. The molecule has 1 aliphatic heterocycles. The number of rotatable bonds is 2. The number of hydrogen-bond donors (Lipinski definition) is 0. The Balaban J connectivity index is 2.12. The van der Waals surface area contributed by atoms with E-state index in [-0.39, 0.29) is 5.91 Å². The molecular weight excluding hydrogens is 294 g/mol. The summed E-state index contributed by atoms with van der Waals surface area (Å²) in [5.74, 6) is 0.600. The standard InChI is InChI=1S/C13H18BrN3O/c1-9-7-17(8-11(9)16(2)3)13(18)10-4-5-15-12(14)6-10/h4-6,9,11H,7-8H2,1-3H3. The fraction of sp³-hybridized carbons (Fsp3) is 0.538. The molecule has 1 amide bonds. The van der Waals surface area contributed by atoms with Crippen molar-refractivity contribution >= 4 is 21.8 Å². The van der Waals surface area contributed by atoms with Crippen LogP contribution >= 0.6 is 15.9 Å². The molecule has 0 bridgehead atoms. The molecule has 0 spiro atoms. The van der Waals surface area contributed by atoms with Crippen LogP contribution in [0.3, 0.4) is 0 Å². The molecule has 0 saturated carbocycles. The maximum absolute atomic E-state index is 12.4. The summed E-state index contributed by atoms with van der Waals surface area (Å²) < 4.78 is 0.699. The van der Waals surface area contributed by atoms with E-state index in [2.05, 4.69) is 46.8 Å². The number of likely N-dealkylation sites (tertiary alicyclic amines) is 1. The van der Waals surface area contributed by atoms with Gasteiger partial charge < -0.3 is 9.80 Å². The Bertz CT molecular complexity index is 450. The van der Waals surface area contributed by atoms with Crippen molar-refractivity contribution < 1.29 is 4.79 Å². The zero-order valence-electron chi connectivity index (χ0n) is 10.9. The fourth-order valence-corrected chi connectivity index (χ4v) is 2.87. The van der Waals surface area contributed by atoms with Crippen LogP contribution in [0.25, 0.3) is 0 Å². The Labute approximate surface area is 116 Å². The molecule has 1 aliphatic rings. The van der Waals surface area contributed by atoms with Gasteiger partial charge in [0.15, 0.2) is 0 Å². The van der Waals surface area contributed by atoms with Crippen LogP contribution in [-0.2, 0) is 0 Å². The van der Waals surface area contributed by atoms with Crippen LogP contribution in [0.2, 0.25) is 0 Å². The third-order valence-corrected chi connectivity index (χ3v) is 3.93. The van der Waals surface area contributed by atoms with Crippen molar-refractivity contribution in [2.45, 2.75) is 13.0 Å². The monoisotopic (exact) mass is 311 g/mol. The molecule has 98 valence electrons. The van der Waals surface area contributed by atoms with E-state index in [1.165, 1.54) is 0 Å².